The SMILES string of the molecule is CCn1cc(Cl)c(C(=O)O/N=C(\N)c2ccc([N+](=O)[O-])cc2)n1. The third-order valence-electron chi connectivity index (χ3n) is 2.84. The van der Waals surface area contributed by atoms with Crippen molar-refractivity contribution < 1.29 is 14.6 Å². The molecular formula is C13H12ClN5O4. The number of aromatic nitrogens is 2. The highest BCUT2D eigenvalue weighted by molar-refractivity contribution is 6.33. The van der Waals surface area contributed by atoms with Gasteiger partial charge in [-0.25, -0.2) is 4.79 Å². The lowest BCUT2D eigenvalue weighted by molar-refractivity contribution is -0.384. The number of amidine groups is 1. The minimum atomic E-state index is -0.855. The van der Waals surface area contributed by atoms with E-state index in [1.165, 1.54) is 35.1 Å². The summed E-state index contributed by atoms with van der Waals surface area (Å²) in [5, 5.41) is 18.1. The molecule has 0 atom stereocenters. The molecule has 0 spiro atoms. The smallest absolute Gasteiger partial charge is 0.380 e. The second-order valence-corrected chi connectivity index (χ2v) is 4.75. The highest BCUT2D eigenvalue weighted by Crippen LogP contribution is 2.15. The van der Waals surface area contributed by atoms with Gasteiger partial charge in [-0.1, -0.05) is 16.8 Å². The van der Waals surface area contributed by atoms with Gasteiger partial charge in [-0.05, 0) is 19.1 Å². The molecule has 9 nitrogen and oxygen atoms in total. The van der Waals surface area contributed by atoms with Gasteiger partial charge < -0.3 is 10.6 Å². The first kappa shape index (κ1) is 16.4. The molecule has 0 radical (unpaired) electrons. The molecule has 0 unspecified atom stereocenters. The van der Waals surface area contributed by atoms with Crippen molar-refractivity contribution in [3.63, 3.8) is 0 Å². The van der Waals surface area contributed by atoms with Crippen molar-refractivity contribution in [1.29, 1.82) is 0 Å². The Morgan fingerprint density at radius 3 is 2.65 bits per heavy atom. The minimum Gasteiger partial charge on any atom is -0.380 e. The van der Waals surface area contributed by atoms with Crippen LogP contribution in [0.25, 0.3) is 0 Å². The van der Waals surface area contributed by atoms with E-state index < -0.39 is 10.9 Å². The molecule has 10 heteroatoms. The number of carbonyl (C=O) groups is 1. The number of hydrogen-bond acceptors (Lipinski definition) is 6. The Morgan fingerprint density at radius 2 is 2.13 bits per heavy atom. The quantitative estimate of drug-likeness (QED) is 0.292. The number of rotatable bonds is 5. The number of nitrogens with zero attached hydrogens (tertiary/aromatic N) is 4. The van der Waals surface area contributed by atoms with E-state index in [-0.39, 0.29) is 22.2 Å². The zero-order chi connectivity index (χ0) is 17.0. The van der Waals surface area contributed by atoms with Gasteiger partial charge >= 0.3 is 5.97 Å². The molecule has 23 heavy (non-hydrogen) atoms. The van der Waals surface area contributed by atoms with Crippen molar-refractivity contribution in [2.24, 2.45) is 10.9 Å². The van der Waals surface area contributed by atoms with Crippen molar-refractivity contribution >= 4 is 29.1 Å². The van der Waals surface area contributed by atoms with Gasteiger partial charge in [0.2, 0.25) is 0 Å². The standard InChI is InChI=1S/C13H12ClN5O4/c1-2-18-7-10(14)11(16-18)13(20)23-17-12(15)8-3-5-9(6-4-8)19(21)22/h3-7H,2H2,1H3,(H2,15,17). The maximum atomic E-state index is 11.8. The number of oxime groups is 1. The Hall–Kier alpha value is -2.94. The lowest BCUT2D eigenvalue weighted by Gasteiger charge is -2.00. The summed E-state index contributed by atoms with van der Waals surface area (Å²) < 4.78 is 1.47. The predicted molar refractivity (Wildman–Crippen MR) is 82.1 cm³/mol. The lowest BCUT2D eigenvalue weighted by Crippen LogP contribution is -2.15. The highest BCUT2D eigenvalue weighted by Gasteiger charge is 2.17. The summed E-state index contributed by atoms with van der Waals surface area (Å²) >= 11 is 5.87. The first-order valence-electron chi connectivity index (χ1n) is 6.45. The first-order valence-corrected chi connectivity index (χ1v) is 6.82. The van der Waals surface area contributed by atoms with Gasteiger partial charge in [-0.15, -0.1) is 0 Å². The Labute approximate surface area is 135 Å². The van der Waals surface area contributed by atoms with Crippen LogP contribution in [0.3, 0.4) is 0 Å². The van der Waals surface area contributed by atoms with Crippen molar-refractivity contribution in [3.8, 4) is 0 Å². The average molecular weight is 338 g/mol. The number of nitro groups is 1. The number of benzene rings is 1. The molecule has 0 saturated heterocycles. The minimum absolute atomic E-state index is 0.0752. The van der Waals surface area contributed by atoms with E-state index in [9.17, 15) is 14.9 Å². The number of halogens is 1. The Kier molecular flexibility index (Phi) is 4.91. The van der Waals surface area contributed by atoms with Gasteiger partial charge in [-0.3, -0.25) is 14.8 Å². The maximum absolute atomic E-state index is 11.8. The number of nitrogens with two attached hydrogens (primary N) is 1. The monoisotopic (exact) mass is 337 g/mol. The van der Waals surface area contributed by atoms with Crippen molar-refractivity contribution in [3.05, 3.63) is 56.9 Å². The summed E-state index contributed by atoms with van der Waals surface area (Å²) in [5.74, 6) is -0.966. The van der Waals surface area contributed by atoms with E-state index in [1.807, 2.05) is 6.92 Å². The van der Waals surface area contributed by atoms with Crippen LogP contribution in [0.15, 0.2) is 35.6 Å². The van der Waals surface area contributed by atoms with Crippen molar-refractivity contribution in [2.45, 2.75) is 13.5 Å². The topological polar surface area (TPSA) is 126 Å². The van der Waals surface area contributed by atoms with E-state index in [0.717, 1.165) is 0 Å². The van der Waals surface area contributed by atoms with Crippen molar-refractivity contribution in [2.75, 3.05) is 0 Å². The molecule has 0 saturated carbocycles. The number of nitro benzene ring substituents is 1. The zero-order valence-electron chi connectivity index (χ0n) is 12.0. The molecule has 0 amide bonds. The molecule has 2 N–H and O–H groups in total. The zero-order valence-corrected chi connectivity index (χ0v) is 12.7. The second kappa shape index (κ2) is 6.88. The fourth-order valence-corrected chi connectivity index (χ4v) is 1.87. The van der Waals surface area contributed by atoms with Gasteiger partial charge in [0.25, 0.3) is 5.69 Å². The van der Waals surface area contributed by atoms with Crippen LogP contribution in [-0.4, -0.2) is 26.5 Å². The molecule has 1 aromatic carbocycles. The van der Waals surface area contributed by atoms with Crippen LogP contribution in [0.2, 0.25) is 5.02 Å². The van der Waals surface area contributed by atoms with Crippen LogP contribution < -0.4 is 5.73 Å². The van der Waals surface area contributed by atoms with E-state index >= 15 is 0 Å². The lowest BCUT2D eigenvalue weighted by atomic mass is 10.2. The van der Waals surface area contributed by atoms with Crippen LogP contribution in [0.1, 0.15) is 23.0 Å². The van der Waals surface area contributed by atoms with Crippen LogP contribution >= 0.6 is 11.6 Å². The molecule has 1 heterocycles. The van der Waals surface area contributed by atoms with Crippen molar-refractivity contribution in [1.82, 2.24) is 9.78 Å². The molecule has 0 fully saturated rings. The maximum Gasteiger partial charge on any atom is 0.387 e. The molecular weight excluding hydrogens is 326 g/mol. The summed E-state index contributed by atoms with van der Waals surface area (Å²) in [4.78, 5) is 26.6. The molecule has 1 aromatic heterocycles. The third kappa shape index (κ3) is 3.83. The molecule has 0 aliphatic heterocycles. The molecule has 120 valence electrons. The molecule has 0 aliphatic rings. The summed E-state index contributed by atoms with van der Waals surface area (Å²) in [7, 11) is 0. The number of carbonyl (C=O) groups excluding carboxylic acids is 1. The largest absolute Gasteiger partial charge is 0.387 e. The highest BCUT2D eigenvalue weighted by atomic mass is 35.5. The number of aryl methyl sites for hydroxylation is 1. The van der Waals surface area contributed by atoms with Gasteiger partial charge in [0.1, 0.15) is 0 Å². The fraction of sp³-hybridized carbons (Fsp3) is 0.154. The van der Waals surface area contributed by atoms with Gasteiger partial charge in [-0.2, -0.15) is 5.10 Å². The van der Waals surface area contributed by atoms with Crippen LogP contribution in [0, 0.1) is 10.1 Å². The second-order valence-electron chi connectivity index (χ2n) is 4.34. The Balaban J connectivity index is 2.10. The summed E-state index contributed by atoms with van der Waals surface area (Å²) in [6.45, 7) is 2.38. The normalized spacial score (nSPS) is 11.3. The Bertz CT molecular complexity index is 769. The number of non-ortho nitro benzene ring substituents is 1. The van der Waals surface area contributed by atoms with Gasteiger partial charge in [0.05, 0.1) is 9.95 Å². The summed E-state index contributed by atoms with van der Waals surface area (Å²) in [6, 6.07) is 5.31. The molecule has 2 rings (SSSR count). The van der Waals surface area contributed by atoms with Crippen LogP contribution in [-0.2, 0) is 11.4 Å². The molecule has 2 aromatic rings. The third-order valence-corrected chi connectivity index (χ3v) is 3.11. The predicted octanol–water partition coefficient (Wildman–Crippen LogP) is 1.94. The average Bonchev–Trinajstić information content (AvgIpc) is 2.93. The molecule has 0 bridgehead atoms. The van der Waals surface area contributed by atoms with E-state index in [0.29, 0.717) is 12.1 Å². The first-order chi connectivity index (χ1) is 10.9. The van der Waals surface area contributed by atoms with Crippen LogP contribution in [0.5, 0.6) is 0 Å². The molecule has 0 aliphatic carbocycles. The van der Waals surface area contributed by atoms with Crippen LogP contribution in [0.4, 0.5) is 5.69 Å². The van der Waals surface area contributed by atoms with Gasteiger partial charge in [0, 0.05) is 30.4 Å². The number of hydrogen-bond donors (Lipinski definition) is 1. The summed E-state index contributed by atoms with van der Waals surface area (Å²) in [6.07, 6.45) is 1.49. The van der Waals surface area contributed by atoms with Gasteiger partial charge in [0.15, 0.2) is 11.5 Å². The van der Waals surface area contributed by atoms with E-state index in [1.54, 1.807) is 0 Å². The fourth-order valence-electron chi connectivity index (χ4n) is 1.64. The van der Waals surface area contributed by atoms with E-state index in [4.69, 9.17) is 22.2 Å². The Morgan fingerprint density at radius 1 is 1.48 bits per heavy atom. The van der Waals surface area contributed by atoms with E-state index in [2.05, 4.69) is 10.3 Å². The summed E-state index contributed by atoms with van der Waals surface area (Å²) in [5.41, 5.74) is 5.87.